The van der Waals surface area contributed by atoms with Crippen LogP contribution in [0.5, 0.6) is 0 Å². The Morgan fingerprint density at radius 3 is 3.23 bits per heavy atom. The van der Waals surface area contributed by atoms with Gasteiger partial charge in [0.2, 0.25) is 0 Å². The van der Waals surface area contributed by atoms with Crippen molar-refractivity contribution in [2.45, 2.75) is 13.2 Å². The topological polar surface area (TPSA) is 44.3 Å². The number of rotatable bonds is 4. The van der Waals surface area contributed by atoms with E-state index in [1.54, 1.807) is 0 Å². The smallest absolute Gasteiger partial charge is 0.174 e. The molecule has 13 heavy (non-hydrogen) atoms. The average Bonchev–Trinajstić information content (AvgIpc) is 2.11. The first-order chi connectivity index (χ1) is 6.24. The van der Waals surface area contributed by atoms with Crippen LogP contribution < -0.4 is 10.6 Å². The molecular formula is C9H17FN2O. The maximum atomic E-state index is 13.2. The van der Waals surface area contributed by atoms with E-state index in [2.05, 4.69) is 10.6 Å². The summed E-state index contributed by atoms with van der Waals surface area (Å²) in [4.78, 5) is 0. The molecule has 0 radical (unpaired) electrons. The molecule has 0 saturated carbocycles. The lowest BCUT2D eigenvalue weighted by molar-refractivity contribution is 0.276. The van der Waals surface area contributed by atoms with Crippen molar-refractivity contribution in [1.29, 1.82) is 0 Å². The van der Waals surface area contributed by atoms with Crippen molar-refractivity contribution in [2.75, 3.05) is 26.2 Å². The van der Waals surface area contributed by atoms with Gasteiger partial charge in [0.05, 0.1) is 6.61 Å². The minimum atomic E-state index is -1.03. The Kier molecular flexibility index (Phi) is 4.35. The number of aliphatic hydroxyl groups is 1. The lowest BCUT2D eigenvalue weighted by Gasteiger charge is -2.23. The summed E-state index contributed by atoms with van der Waals surface area (Å²) in [6, 6.07) is 0. The van der Waals surface area contributed by atoms with Crippen molar-refractivity contribution in [3.63, 3.8) is 0 Å². The van der Waals surface area contributed by atoms with Gasteiger partial charge >= 0.3 is 0 Å². The minimum absolute atomic E-state index is 0.0905. The Morgan fingerprint density at radius 1 is 1.77 bits per heavy atom. The standard InChI is InChI=1S/C9H17FN2O/c1-7-4-8(6-11-2-3-13)9(10)12-5-7/h4,7,9,11-13H,2-3,5-6H2,1H3. The second-order valence-electron chi connectivity index (χ2n) is 3.39. The number of alkyl halides is 1. The molecule has 1 aliphatic heterocycles. The van der Waals surface area contributed by atoms with Gasteiger partial charge in [-0.05, 0) is 11.5 Å². The van der Waals surface area contributed by atoms with E-state index >= 15 is 0 Å². The number of aliphatic hydroxyl groups excluding tert-OH is 1. The van der Waals surface area contributed by atoms with Gasteiger partial charge in [-0.3, -0.25) is 5.32 Å². The largest absolute Gasteiger partial charge is 0.395 e. The minimum Gasteiger partial charge on any atom is -0.395 e. The van der Waals surface area contributed by atoms with Crippen molar-refractivity contribution in [1.82, 2.24) is 10.6 Å². The maximum Gasteiger partial charge on any atom is 0.174 e. The van der Waals surface area contributed by atoms with Crippen LogP contribution in [0.1, 0.15) is 6.92 Å². The van der Waals surface area contributed by atoms with Crippen LogP contribution in [-0.2, 0) is 0 Å². The van der Waals surface area contributed by atoms with Crippen molar-refractivity contribution < 1.29 is 9.50 Å². The van der Waals surface area contributed by atoms with Crippen LogP contribution >= 0.6 is 0 Å². The molecule has 2 unspecified atom stereocenters. The van der Waals surface area contributed by atoms with Gasteiger partial charge in [-0.2, -0.15) is 0 Å². The third kappa shape index (κ3) is 3.42. The first kappa shape index (κ1) is 10.6. The molecular weight excluding hydrogens is 171 g/mol. The fourth-order valence-electron chi connectivity index (χ4n) is 1.39. The van der Waals surface area contributed by atoms with Crippen molar-refractivity contribution in [3.05, 3.63) is 11.6 Å². The fourth-order valence-corrected chi connectivity index (χ4v) is 1.39. The molecule has 0 saturated heterocycles. The first-order valence-corrected chi connectivity index (χ1v) is 4.63. The predicted octanol–water partition coefficient (Wildman–Crippen LogP) is 0.0296. The molecule has 76 valence electrons. The number of halogens is 1. The summed E-state index contributed by atoms with van der Waals surface area (Å²) in [6.07, 6.45) is 0.924. The van der Waals surface area contributed by atoms with Crippen molar-refractivity contribution in [2.24, 2.45) is 5.92 Å². The summed E-state index contributed by atoms with van der Waals surface area (Å²) in [5.41, 5.74) is 0.743. The molecule has 0 aliphatic carbocycles. The molecule has 0 aromatic carbocycles. The molecule has 4 heteroatoms. The number of hydrogen-bond acceptors (Lipinski definition) is 3. The van der Waals surface area contributed by atoms with E-state index in [1.165, 1.54) is 0 Å². The Labute approximate surface area is 78.0 Å². The molecule has 2 atom stereocenters. The highest BCUT2D eigenvalue weighted by Crippen LogP contribution is 2.13. The highest BCUT2D eigenvalue weighted by molar-refractivity contribution is 5.14. The van der Waals surface area contributed by atoms with E-state index < -0.39 is 6.30 Å². The zero-order valence-corrected chi connectivity index (χ0v) is 7.89. The van der Waals surface area contributed by atoms with Crippen LogP contribution in [0.3, 0.4) is 0 Å². The van der Waals surface area contributed by atoms with Gasteiger partial charge in [0.25, 0.3) is 0 Å². The van der Waals surface area contributed by atoms with Gasteiger partial charge in [-0.1, -0.05) is 13.0 Å². The lowest BCUT2D eigenvalue weighted by atomic mass is 10.0. The van der Waals surface area contributed by atoms with E-state index in [-0.39, 0.29) is 6.61 Å². The molecule has 1 heterocycles. The molecule has 0 fully saturated rings. The molecule has 3 nitrogen and oxygen atoms in total. The van der Waals surface area contributed by atoms with Gasteiger partial charge in [0.1, 0.15) is 0 Å². The number of hydrogen-bond donors (Lipinski definition) is 3. The van der Waals surface area contributed by atoms with Crippen molar-refractivity contribution in [3.8, 4) is 0 Å². The van der Waals surface area contributed by atoms with Gasteiger partial charge < -0.3 is 10.4 Å². The summed E-state index contributed by atoms with van der Waals surface area (Å²) < 4.78 is 13.2. The highest BCUT2D eigenvalue weighted by Gasteiger charge is 2.18. The average molecular weight is 188 g/mol. The van der Waals surface area contributed by atoms with Crippen LogP contribution in [0.2, 0.25) is 0 Å². The van der Waals surface area contributed by atoms with Gasteiger partial charge in [-0.25, -0.2) is 4.39 Å². The molecule has 1 aliphatic rings. The van der Waals surface area contributed by atoms with Crippen LogP contribution in [0.25, 0.3) is 0 Å². The monoisotopic (exact) mass is 188 g/mol. The summed E-state index contributed by atoms with van der Waals surface area (Å²) in [5.74, 6) is 0.387. The van der Waals surface area contributed by atoms with Crippen LogP contribution in [-0.4, -0.2) is 37.6 Å². The number of nitrogens with one attached hydrogen (secondary N) is 2. The van der Waals surface area contributed by atoms with E-state index in [0.717, 1.165) is 5.57 Å². The summed E-state index contributed by atoms with van der Waals surface area (Å²) in [5, 5.41) is 14.3. The van der Waals surface area contributed by atoms with Crippen LogP contribution in [0.15, 0.2) is 11.6 Å². The SMILES string of the molecule is CC1C=C(CNCCO)C(F)NC1. The molecule has 0 aromatic heterocycles. The quantitative estimate of drug-likeness (QED) is 0.331. The van der Waals surface area contributed by atoms with E-state index in [0.29, 0.717) is 25.6 Å². The van der Waals surface area contributed by atoms with Gasteiger partial charge in [0.15, 0.2) is 6.30 Å². The Morgan fingerprint density at radius 2 is 2.54 bits per heavy atom. The van der Waals surface area contributed by atoms with Crippen molar-refractivity contribution >= 4 is 0 Å². The van der Waals surface area contributed by atoms with Crippen LogP contribution in [0, 0.1) is 5.92 Å². The maximum absolute atomic E-state index is 13.2. The normalized spacial score (nSPS) is 28.7. The second-order valence-corrected chi connectivity index (χ2v) is 3.39. The Hall–Kier alpha value is -0.450. The second kappa shape index (κ2) is 5.32. The van der Waals surface area contributed by atoms with E-state index in [9.17, 15) is 4.39 Å². The summed E-state index contributed by atoms with van der Waals surface area (Å²) in [6.45, 7) is 3.86. The molecule has 0 spiro atoms. The third-order valence-corrected chi connectivity index (χ3v) is 2.06. The molecule has 1 rings (SSSR count). The molecule has 0 amide bonds. The Bertz CT molecular complexity index is 184. The first-order valence-electron chi connectivity index (χ1n) is 4.63. The summed E-state index contributed by atoms with van der Waals surface area (Å²) >= 11 is 0. The van der Waals surface area contributed by atoms with E-state index in [4.69, 9.17) is 5.11 Å². The zero-order chi connectivity index (χ0) is 9.68. The predicted molar refractivity (Wildman–Crippen MR) is 50.1 cm³/mol. The lowest BCUT2D eigenvalue weighted by Crippen LogP contribution is -2.38. The van der Waals surface area contributed by atoms with Gasteiger partial charge in [-0.15, -0.1) is 0 Å². The zero-order valence-electron chi connectivity index (χ0n) is 7.89. The molecule has 0 aromatic rings. The molecule has 0 bridgehead atoms. The molecule has 3 N–H and O–H groups in total. The highest BCUT2D eigenvalue weighted by atomic mass is 19.1. The Balaban J connectivity index is 2.36. The summed E-state index contributed by atoms with van der Waals surface area (Å²) in [7, 11) is 0. The van der Waals surface area contributed by atoms with Crippen LogP contribution in [0.4, 0.5) is 4.39 Å². The third-order valence-electron chi connectivity index (χ3n) is 2.06. The van der Waals surface area contributed by atoms with Gasteiger partial charge in [0, 0.05) is 19.6 Å². The van der Waals surface area contributed by atoms with E-state index in [1.807, 2.05) is 13.0 Å². The fraction of sp³-hybridized carbons (Fsp3) is 0.778.